The van der Waals surface area contributed by atoms with Gasteiger partial charge in [0.2, 0.25) is 0 Å². The van der Waals surface area contributed by atoms with E-state index in [2.05, 4.69) is 0 Å². The summed E-state index contributed by atoms with van der Waals surface area (Å²) < 4.78 is 33.2. The Balaban J connectivity index is 1.66. The van der Waals surface area contributed by atoms with Gasteiger partial charge in [0.05, 0.1) is 23.8 Å². The standard InChI is InChI=1S/C21H24N2O4S/c1-15-3-6-19(7-4-15)28(25,26)23-16(2)13-18-14-17(5-8-20(18)23)21(24)22-9-11-27-12-10-22/h3-8,14,16H,9-13H2,1-2H3. The molecule has 0 N–H and O–H groups in total. The normalized spacial score (nSPS) is 19.6. The molecule has 4 rings (SSSR count). The van der Waals surface area contributed by atoms with Crippen LogP contribution in [0, 0.1) is 6.92 Å². The molecule has 1 atom stereocenters. The molecule has 0 radical (unpaired) electrons. The number of aryl methyl sites for hydroxylation is 1. The molecular weight excluding hydrogens is 376 g/mol. The number of ether oxygens (including phenoxy) is 1. The Kier molecular flexibility index (Phi) is 4.89. The summed E-state index contributed by atoms with van der Waals surface area (Å²) in [5.74, 6) is -0.0291. The van der Waals surface area contributed by atoms with E-state index in [4.69, 9.17) is 4.74 Å². The van der Waals surface area contributed by atoms with Gasteiger partial charge in [-0.3, -0.25) is 9.10 Å². The van der Waals surface area contributed by atoms with Gasteiger partial charge in [0.25, 0.3) is 15.9 Å². The number of morpholine rings is 1. The summed E-state index contributed by atoms with van der Waals surface area (Å²) in [6, 6.07) is 12.0. The molecule has 0 bridgehead atoms. The van der Waals surface area contributed by atoms with Gasteiger partial charge < -0.3 is 9.64 Å². The van der Waals surface area contributed by atoms with Crippen LogP contribution in [-0.4, -0.2) is 51.6 Å². The first-order chi connectivity index (χ1) is 13.4. The molecule has 0 aliphatic carbocycles. The number of carbonyl (C=O) groups excluding carboxylic acids is 1. The van der Waals surface area contributed by atoms with Gasteiger partial charge in [0, 0.05) is 24.7 Å². The van der Waals surface area contributed by atoms with Gasteiger partial charge in [0.15, 0.2) is 0 Å². The molecule has 1 fully saturated rings. The molecule has 1 saturated heterocycles. The highest BCUT2D eigenvalue weighted by Gasteiger charge is 2.36. The minimum absolute atomic E-state index is 0.0291. The van der Waals surface area contributed by atoms with Crippen LogP contribution < -0.4 is 4.31 Å². The van der Waals surface area contributed by atoms with Crippen molar-refractivity contribution in [1.82, 2.24) is 4.90 Å². The van der Waals surface area contributed by atoms with Crippen molar-refractivity contribution in [2.75, 3.05) is 30.6 Å². The number of nitrogens with zero attached hydrogens (tertiary/aromatic N) is 2. The van der Waals surface area contributed by atoms with Gasteiger partial charge in [-0.2, -0.15) is 0 Å². The van der Waals surface area contributed by atoms with Crippen LogP contribution in [0.5, 0.6) is 0 Å². The highest BCUT2D eigenvalue weighted by atomic mass is 32.2. The number of fused-ring (bicyclic) bond motifs is 1. The number of anilines is 1. The number of carbonyl (C=O) groups is 1. The second-order valence-corrected chi connectivity index (χ2v) is 9.23. The molecule has 1 unspecified atom stereocenters. The smallest absolute Gasteiger partial charge is 0.264 e. The Morgan fingerprint density at radius 3 is 2.43 bits per heavy atom. The van der Waals surface area contributed by atoms with Gasteiger partial charge in [-0.15, -0.1) is 0 Å². The molecule has 2 aliphatic heterocycles. The van der Waals surface area contributed by atoms with Crippen molar-refractivity contribution in [2.45, 2.75) is 31.2 Å². The fraction of sp³-hybridized carbons (Fsp3) is 0.381. The second-order valence-electron chi connectivity index (χ2n) is 7.42. The van der Waals surface area contributed by atoms with Crippen molar-refractivity contribution < 1.29 is 17.9 Å². The number of rotatable bonds is 3. The van der Waals surface area contributed by atoms with E-state index in [0.29, 0.717) is 44.0 Å². The molecule has 2 aliphatic rings. The Morgan fingerprint density at radius 1 is 1.07 bits per heavy atom. The molecule has 7 heteroatoms. The van der Waals surface area contributed by atoms with Crippen molar-refractivity contribution in [1.29, 1.82) is 0 Å². The summed E-state index contributed by atoms with van der Waals surface area (Å²) in [6.07, 6.45) is 0.588. The first-order valence-electron chi connectivity index (χ1n) is 9.49. The van der Waals surface area contributed by atoms with Gasteiger partial charge in [-0.1, -0.05) is 17.7 Å². The largest absolute Gasteiger partial charge is 0.378 e. The van der Waals surface area contributed by atoms with Crippen molar-refractivity contribution in [3.63, 3.8) is 0 Å². The monoisotopic (exact) mass is 400 g/mol. The average Bonchev–Trinajstić information content (AvgIpc) is 3.04. The van der Waals surface area contributed by atoms with E-state index in [1.807, 2.05) is 19.9 Å². The predicted molar refractivity (Wildman–Crippen MR) is 107 cm³/mol. The van der Waals surface area contributed by atoms with Crippen LogP contribution in [0.1, 0.15) is 28.4 Å². The number of sulfonamides is 1. The molecule has 2 aromatic carbocycles. The maximum absolute atomic E-state index is 13.2. The van der Waals surface area contributed by atoms with Crippen molar-refractivity contribution in [3.05, 3.63) is 59.2 Å². The fourth-order valence-corrected chi connectivity index (χ4v) is 5.57. The van der Waals surface area contributed by atoms with Crippen LogP contribution in [-0.2, 0) is 21.2 Å². The Bertz CT molecular complexity index is 996. The summed E-state index contributed by atoms with van der Waals surface area (Å²) in [5, 5.41) is 0. The summed E-state index contributed by atoms with van der Waals surface area (Å²) in [4.78, 5) is 14.8. The van der Waals surface area contributed by atoms with Crippen LogP contribution in [0.3, 0.4) is 0 Å². The topological polar surface area (TPSA) is 66.9 Å². The zero-order chi connectivity index (χ0) is 19.9. The van der Waals surface area contributed by atoms with Crippen molar-refractivity contribution in [3.8, 4) is 0 Å². The van der Waals surface area contributed by atoms with Crippen molar-refractivity contribution >= 4 is 21.6 Å². The summed E-state index contributed by atoms with van der Waals surface area (Å²) in [7, 11) is -3.65. The Hall–Kier alpha value is -2.38. The summed E-state index contributed by atoms with van der Waals surface area (Å²) in [6.45, 7) is 6.10. The number of hydrogen-bond acceptors (Lipinski definition) is 4. The van der Waals surface area contributed by atoms with Crippen LogP contribution in [0.2, 0.25) is 0 Å². The lowest BCUT2D eigenvalue weighted by Crippen LogP contribution is -2.40. The third-order valence-corrected chi connectivity index (χ3v) is 7.30. The van der Waals surface area contributed by atoms with Crippen molar-refractivity contribution in [2.24, 2.45) is 0 Å². The SMILES string of the molecule is Cc1ccc(S(=O)(=O)N2c3ccc(C(=O)N4CCOCC4)cc3CC2C)cc1. The zero-order valence-corrected chi connectivity index (χ0v) is 16.9. The molecule has 2 aromatic rings. The Morgan fingerprint density at radius 2 is 1.75 bits per heavy atom. The van der Waals surface area contributed by atoms with Gasteiger partial charge >= 0.3 is 0 Å². The van der Waals surface area contributed by atoms with Crippen LogP contribution in [0.15, 0.2) is 47.4 Å². The van der Waals surface area contributed by atoms with Gasteiger partial charge in [0.1, 0.15) is 0 Å². The highest BCUT2D eigenvalue weighted by molar-refractivity contribution is 7.92. The molecule has 0 spiro atoms. The maximum atomic E-state index is 13.2. The van der Waals surface area contributed by atoms with Gasteiger partial charge in [-0.05, 0) is 56.2 Å². The number of hydrogen-bond donors (Lipinski definition) is 0. The van der Waals surface area contributed by atoms with Crippen LogP contribution >= 0.6 is 0 Å². The van der Waals surface area contributed by atoms with Crippen LogP contribution in [0.4, 0.5) is 5.69 Å². The summed E-state index contributed by atoms with van der Waals surface area (Å²) >= 11 is 0. The third-order valence-electron chi connectivity index (χ3n) is 5.36. The number of amides is 1. The quantitative estimate of drug-likeness (QED) is 0.794. The zero-order valence-electron chi connectivity index (χ0n) is 16.1. The fourth-order valence-electron chi connectivity index (χ4n) is 3.87. The molecule has 2 heterocycles. The molecule has 0 aromatic heterocycles. The minimum Gasteiger partial charge on any atom is -0.378 e. The van der Waals surface area contributed by atoms with E-state index in [1.54, 1.807) is 41.3 Å². The van der Waals surface area contributed by atoms with E-state index in [-0.39, 0.29) is 16.8 Å². The second kappa shape index (κ2) is 7.22. The lowest BCUT2D eigenvalue weighted by atomic mass is 10.1. The van der Waals surface area contributed by atoms with E-state index in [9.17, 15) is 13.2 Å². The molecule has 6 nitrogen and oxygen atoms in total. The van der Waals surface area contributed by atoms with E-state index >= 15 is 0 Å². The predicted octanol–water partition coefficient (Wildman–Crippen LogP) is 2.61. The van der Waals surface area contributed by atoms with E-state index < -0.39 is 10.0 Å². The van der Waals surface area contributed by atoms with E-state index in [0.717, 1.165) is 11.1 Å². The summed E-state index contributed by atoms with van der Waals surface area (Å²) in [5.41, 5.74) is 3.16. The highest BCUT2D eigenvalue weighted by Crippen LogP contribution is 2.37. The number of benzene rings is 2. The lowest BCUT2D eigenvalue weighted by molar-refractivity contribution is 0.0303. The molecule has 0 saturated carbocycles. The maximum Gasteiger partial charge on any atom is 0.264 e. The lowest BCUT2D eigenvalue weighted by Gasteiger charge is -2.27. The Labute approximate surface area is 165 Å². The minimum atomic E-state index is -3.65. The van der Waals surface area contributed by atoms with Gasteiger partial charge in [-0.25, -0.2) is 8.42 Å². The average molecular weight is 401 g/mol. The van der Waals surface area contributed by atoms with E-state index in [1.165, 1.54) is 4.31 Å². The van der Waals surface area contributed by atoms with Crippen LogP contribution in [0.25, 0.3) is 0 Å². The molecule has 28 heavy (non-hydrogen) atoms. The molecular formula is C21H24N2O4S. The first kappa shape index (κ1) is 19.0. The third kappa shape index (κ3) is 3.29. The molecule has 1 amide bonds. The first-order valence-corrected chi connectivity index (χ1v) is 10.9. The molecule has 148 valence electrons.